The molecule has 0 aliphatic heterocycles. The Morgan fingerprint density at radius 1 is 1.40 bits per heavy atom. The van der Waals surface area contributed by atoms with Crippen LogP contribution in [0.5, 0.6) is 0 Å². The molecule has 0 spiro atoms. The van der Waals surface area contributed by atoms with Crippen molar-refractivity contribution in [2.75, 3.05) is 11.9 Å². The molecule has 2 N–H and O–H groups in total. The van der Waals surface area contributed by atoms with Crippen molar-refractivity contribution in [1.29, 1.82) is 0 Å². The number of nitro groups is 1. The minimum atomic E-state index is -5.01. The molecule has 25 heavy (non-hydrogen) atoms. The Hall–Kier alpha value is -2.69. The number of alkyl halides is 3. The number of nitrogens with zero attached hydrogens (tertiary/aromatic N) is 3. The van der Waals surface area contributed by atoms with Crippen molar-refractivity contribution in [1.82, 2.24) is 9.55 Å². The Labute approximate surface area is 139 Å². The van der Waals surface area contributed by atoms with Crippen LogP contribution in [-0.4, -0.2) is 32.3 Å². The lowest BCUT2D eigenvalue weighted by Crippen LogP contribution is -2.45. The van der Waals surface area contributed by atoms with Crippen molar-refractivity contribution in [2.45, 2.75) is 18.2 Å². The van der Waals surface area contributed by atoms with Gasteiger partial charge in [0.25, 0.3) is 5.69 Å². The van der Waals surface area contributed by atoms with Crippen LogP contribution in [0.4, 0.5) is 28.9 Å². The molecule has 0 radical (unpaired) electrons. The SMILES string of the molecule is Cn1ccnc1[C@@](O)(CCNc1ccc(F)cc1[N+](=O)[O-])C(F)(F)F. The van der Waals surface area contributed by atoms with Gasteiger partial charge in [-0.25, -0.2) is 9.37 Å². The Morgan fingerprint density at radius 2 is 2.08 bits per heavy atom. The summed E-state index contributed by atoms with van der Waals surface area (Å²) in [7, 11) is 1.30. The van der Waals surface area contributed by atoms with Crippen LogP contribution in [0, 0.1) is 15.9 Å². The first-order valence-corrected chi connectivity index (χ1v) is 7.01. The van der Waals surface area contributed by atoms with Gasteiger partial charge >= 0.3 is 6.18 Å². The molecular weight excluding hydrogens is 348 g/mol. The van der Waals surface area contributed by atoms with Crippen molar-refractivity contribution in [3.8, 4) is 0 Å². The highest BCUT2D eigenvalue weighted by atomic mass is 19.4. The summed E-state index contributed by atoms with van der Waals surface area (Å²) in [6.45, 7) is -0.463. The summed E-state index contributed by atoms with van der Waals surface area (Å²) < 4.78 is 54.1. The zero-order chi connectivity index (χ0) is 18.8. The summed E-state index contributed by atoms with van der Waals surface area (Å²) in [4.78, 5) is 13.6. The zero-order valence-electron chi connectivity index (χ0n) is 12.9. The van der Waals surface area contributed by atoms with Gasteiger partial charge in [0.05, 0.1) is 11.0 Å². The summed E-state index contributed by atoms with van der Waals surface area (Å²) in [5, 5.41) is 23.5. The number of aliphatic hydroxyl groups is 1. The van der Waals surface area contributed by atoms with Gasteiger partial charge in [0.1, 0.15) is 17.3 Å². The normalized spacial score (nSPS) is 14.2. The molecule has 7 nitrogen and oxygen atoms in total. The maximum Gasteiger partial charge on any atom is 0.424 e. The highest BCUT2D eigenvalue weighted by Crippen LogP contribution is 2.40. The van der Waals surface area contributed by atoms with E-state index < -0.39 is 47.0 Å². The first kappa shape index (κ1) is 18.6. The predicted octanol–water partition coefficient (Wildman–Crippen LogP) is 2.72. The molecule has 11 heteroatoms. The van der Waals surface area contributed by atoms with Crippen LogP contribution in [-0.2, 0) is 12.6 Å². The van der Waals surface area contributed by atoms with E-state index in [9.17, 15) is 32.8 Å². The quantitative estimate of drug-likeness (QED) is 0.468. The van der Waals surface area contributed by atoms with Crippen LogP contribution in [0.3, 0.4) is 0 Å². The predicted molar refractivity (Wildman–Crippen MR) is 79.3 cm³/mol. The Balaban J connectivity index is 2.21. The number of hydrogen-bond acceptors (Lipinski definition) is 5. The van der Waals surface area contributed by atoms with Gasteiger partial charge in [0.15, 0.2) is 0 Å². The van der Waals surface area contributed by atoms with Crippen molar-refractivity contribution in [2.24, 2.45) is 7.05 Å². The fourth-order valence-corrected chi connectivity index (χ4v) is 2.33. The summed E-state index contributed by atoms with van der Waals surface area (Å²) >= 11 is 0. The third-order valence-corrected chi connectivity index (χ3v) is 3.62. The van der Waals surface area contributed by atoms with Crippen LogP contribution in [0.1, 0.15) is 12.2 Å². The van der Waals surface area contributed by atoms with Gasteiger partial charge in [0.2, 0.25) is 5.60 Å². The second-order valence-electron chi connectivity index (χ2n) is 5.32. The van der Waals surface area contributed by atoms with Gasteiger partial charge in [-0.05, 0) is 12.1 Å². The zero-order valence-corrected chi connectivity index (χ0v) is 12.9. The lowest BCUT2D eigenvalue weighted by molar-refractivity contribution is -0.384. The number of halogens is 4. The number of imidazole rings is 1. The highest BCUT2D eigenvalue weighted by Gasteiger charge is 2.57. The molecule has 2 rings (SSSR count). The van der Waals surface area contributed by atoms with Crippen molar-refractivity contribution >= 4 is 11.4 Å². The number of rotatable bonds is 6. The maximum atomic E-state index is 13.3. The average molecular weight is 362 g/mol. The number of hydrogen-bond donors (Lipinski definition) is 2. The first-order chi connectivity index (χ1) is 11.6. The molecule has 0 aliphatic carbocycles. The molecular formula is C14H14F4N4O3. The molecule has 0 bridgehead atoms. The molecule has 0 saturated heterocycles. The van der Waals surface area contributed by atoms with E-state index in [1.54, 1.807) is 0 Å². The van der Waals surface area contributed by atoms with Gasteiger partial charge in [-0.1, -0.05) is 0 Å². The van der Waals surface area contributed by atoms with Gasteiger partial charge in [-0.3, -0.25) is 10.1 Å². The number of nitrogens with one attached hydrogen (secondary N) is 1. The van der Waals surface area contributed by atoms with Crippen LogP contribution in [0.25, 0.3) is 0 Å². The monoisotopic (exact) mass is 362 g/mol. The van der Waals surface area contributed by atoms with Crippen molar-refractivity contribution in [3.63, 3.8) is 0 Å². The summed E-state index contributed by atoms with van der Waals surface area (Å²) in [5.74, 6) is -1.45. The lowest BCUT2D eigenvalue weighted by Gasteiger charge is -2.30. The Bertz CT molecular complexity index is 778. The molecule has 1 aromatic carbocycles. The van der Waals surface area contributed by atoms with Gasteiger partial charge < -0.3 is 15.0 Å². The van der Waals surface area contributed by atoms with Crippen molar-refractivity contribution in [3.05, 3.63) is 52.3 Å². The number of aromatic nitrogens is 2. The molecule has 0 aliphatic rings. The molecule has 2 aromatic rings. The number of benzene rings is 1. The summed E-state index contributed by atoms with van der Waals surface area (Å²) in [6.07, 6.45) is -3.49. The molecule has 1 aromatic heterocycles. The van der Waals surface area contributed by atoms with Crippen LogP contribution < -0.4 is 5.32 Å². The average Bonchev–Trinajstić information content (AvgIpc) is 2.93. The van der Waals surface area contributed by atoms with Crippen LogP contribution in [0.15, 0.2) is 30.6 Å². The summed E-state index contributed by atoms with van der Waals surface area (Å²) in [6, 6.07) is 2.63. The Kier molecular flexibility index (Phi) is 4.97. The molecule has 0 unspecified atom stereocenters. The van der Waals surface area contributed by atoms with E-state index in [0.717, 1.165) is 22.9 Å². The second kappa shape index (κ2) is 6.67. The van der Waals surface area contributed by atoms with Gasteiger partial charge in [0, 0.05) is 32.4 Å². The van der Waals surface area contributed by atoms with E-state index >= 15 is 0 Å². The van der Waals surface area contributed by atoms with E-state index in [1.807, 2.05) is 0 Å². The van der Waals surface area contributed by atoms with E-state index in [0.29, 0.717) is 6.07 Å². The molecule has 136 valence electrons. The largest absolute Gasteiger partial charge is 0.424 e. The lowest BCUT2D eigenvalue weighted by atomic mass is 9.97. The number of aryl methyl sites for hydroxylation is 1. The topological polar surface area (TPSA) is 93.2 Å². The molecule has 1 heterocycles. The molecule has 0 amide bonds. The smallest absolute Gasteiger partial charge is 0.379 e. The van der Waals surface area contributed by atoms with E-state index in [-0.39, 0.29) is 5.69 Å². The highest BCUT2D eigenvalue weighted by molar-refractivity contribution is 5.61. The van der Waals surface area contributed by atoms with E-state index in [2.05, 4.69) is 10.3 Å². The Morgan fingerprint density at radius 3 is 2.60 bits per heavy atom. The summed E-state index contributed by atoms with van der Waals surface area (Å²) in [5.41, 5.74) is -4.02. The third kappa shape index (κ3) is 3.71. The van der Waals surface area contributed by atoms with Crippen LogP contribution in [0.2, 0.25) is 0 Å². The molecule has 1 atom stereocenters. The maximum absolute atomic E-state index is 13.3. The standard InChI is InChI=1S/C14H14F4N4O3/c1-21-7-6-20-12(21)13(23,14(16,17)18)4-5-19-10-3-2-9(15)8-11(10)22(24)25/h2-3,6-8,19,23H,4-5H2,1H3/t13-/m0/s1. The first-order valence-electron chi connectivity index (χ1n) is 7.01. The van der Waals surface area contributed by atoms with Crippen molar-refractivity contribution < 1.29 is 27.6 Å². The fourth-order valence-electron chi connectivity index (χ4n) is 2.33. The minimum Gasteiger partial charge on any atom is -0.379 e. The molecule has 0 saturated carbocycles. The van der Waals surface area contributed by atoms with E-state index in [4.69, 9.17) is 0 Å². The van der Waals surface area contributed by atoms with Crippen LogP contribution >= 0.6 is 0 Å². The second-order valence-corrected chi connectivity index (χ2v) is 5.32. The third-order valence-electron chi connectivity index (χ3n) is 3.62. The van der Waals surface area contributed by atoms with Gasteiger partial charge in [-0.2, -0.15) is 13.2 Å². The molecule has 0 fully saturated rings. The van der Waals surface area contributed by atoms with E-state index in [1.165, 1.54) is 13.2 Å². The van der Waals surface area contributed by atoms with Gasteiger partial charge in [-0.15, -0.1) is 0 Å². The number of nitro benzene ring substituents is 1. The fraction of sp³-hybridized carbons (Fsp3) is 0.357. The number of anilines is 1. The minimum absolute atomic E-state index is 0.157.